The van der Waals surface area contributed by atoms with Gasteiger partial charge >= 0.3 is 5.97 Å². The third kappa shape index (κ3) is 4.63. The lowest BCUT2D eigenvalue weighted by atomic mass is 10.00. The molecule has 1 amide bonds. The lowest BCUT2D eigenvalue weighted by Crippen LogP contribution is -2.47. The summed E-state index contributed by atoms with van der Waals surface area (Å²) in [4.78, 5) is 35.6. The van der Waals surface area contributed by atoms with Crippen molar-refractivity contribution < 1.29 is 18.7 Å². The molecule has 0 saturated heterocycles. The Bertz CT molecular complexity index is 1430. The molecular weight excluding hydrogens is 459 g/mol. The molecule has 0 spiro atoms. The Morgan fingerprint density at radius 3 is 2.56 bits per heavy atom. The fraction of sp³-hybridized carbons (Fsp3) is 0.179. The number of rotatable bonds is 7. The van der Waals surface area contributed by atoms with Gasteiger partial charge in [0, 0.05) is 28.9 Å². The molecule has 2 N–H and O–H groups in total. The van der Waals surface area contributed by atoms with Crippen molar-refractivity contribution >= 4 is 34.2 Å². The standard InChI is InChI=1S/C28H25FN4O3/c1-2-36-25(34)17-33-24-14-8-5-11-21(24)26(20-10-4-6-12-22(20)29)32-27(28(33)35)30-16-19-15-18-9-3-7-13-23(18)31-19/h3-15,27,30-31H,2,16-17H2,1H3. The maximum absolute atomic E-state index is 14.9. The monoisotopic (exact) mass is 484 g/mol. The maximum Gasteiger partial charge on any atom is 0.326 e. The number of H-pyrrole nitrogens is 1. The smallest absolute Gasteiger partial charge is 0.326 e. The number of hydrogen-bond donors (Lipinski definition) is 2. The zero-order valence-electron chi connectivity index (χ0n) is 19.7. The highest BCUT2D eigenvalue weighted by atomic mass is 19.1. The number of para-hydroxylation sites is 2. The Morgan fingerprint density at radius 2 is 1.78 bits per heavy atom. The minimum atomic E-state index is -1.06. The molecule has 1 atom stereocenters. The van der Waals surface area contributed by atoms with Crippen LogP contribution in [0.5, 0.6) is 0 Å². The molecule has 5 rings (SSSR count). The van der Waals surface area contributed by atoms with Crippen molar-refractivity contribution in [2.24, 2.45) is 4.99 Å². The van der Waals surface area contributed by atoms with Gasteiger partial charge in [-0.1, -0.05) is 48.5 Å². The quantitative estimate of drug-likeness (QED) is 0.386. The van der Waals surface area contributed by atoms with E-state index in [1.54, 1.807) is 49.4 Å². The van der Waals surface area contributed by atoms with Crippen LogP contribution >= 0.6 is 0 Å². The topological polar surface area (TPSA) is 86.8 Å². The molecule has 0 fully saturated rings. The van der Waals surface area contributed by atoms with Crippen LogP contribution in [0.15, 0.2) is 83.9 Å². The molecule has 3 aromatic carbocycles. The van der Waals surface area contributed by atoms with Crippen molar-refractivity contribution in [3.05, 3.63) is 102 Å². The number of halogens is 1. The number of nitrogens with one attached hydrogen (secondary N) is 2. The second kappa shape index (κ2) is 10.1. The Balaban J connectivity index is 1.56. The van der Waals surface area contributed by atoms with Crippen molar-refractivity contribution in [2.75, 3.05) is 18.1 Å². The van der Waals surface area contributed by atoms with Gasteiger partial charge in [0.15, 0.2) is 6.17 Å². The van der Waals surface area contributed by atoms with Gasteiger partial charge in [-0.2, -0.15) is 0 Å². The number of carbonyl (C=O) groups is 2. The van der Waals surface area contributed by atoms with Crippen LogP contribution in [0, 0.1) is 5.82 Å². The first-order valence-electron chi connectivity index (χ1n) is 11.7. The largest absolute Gasteiger partial charge is 0.465 e. The normalized spacial score (nSPS) is 15.4. The molecule has 1 aliphatic rings. The molecule has 0 bridgehead atoms. The van der Waals surface area contributed by atoms with Crippen molar-refractivity contribution in [1.29, 1.82) is 0 Å². The van der Waals surface area contributed by atoms with Gasteiger partial charge < -0.3 is 9.72 Å². The number of anilines is 1. The number of hydrogen-bond acceptors (Lipinski definition) is 5. The van der Waals surface area contributed by atoms with E-state index in [1.807, 2.05) is 30.3 Å². The maximum atomic E-state index is 14.9. The average molecular weight is 485 g/mol. The minimum absolute atomic E-state index is 0.196. The van der Waals surface area contributed by atoms with Gasteiger partial charge in [0.2, 0.25) is 0 Å². The number of benzodiazepines with no additional fused rings is 1. The van der Waals surface area contributed by atoms with Crippen molar-refractivity contribution in [2.45, 2.75) is 19.6 Å². The molecule has 1 aromatic heterocycles. The molecule has 36 heavy (non-hydrogen) atoms. The summed E-state index contributed by atoms with van der Waals surface area (Å²) in [6.07, 6.45) is -1.06. The summed E-state index contributed by atoms with van der Waals surface area (Å²) in [7, 11) is 0. The van der Waals surface area contributed by atoms with Gasteiger partial charge in [-0.15, -0.1) is 0 Å². The molecule has 0 saturated carbocycles. The van der Waals surface area contributed by atoms with E-state index >= 15 is 0 Å². The van der Waals surface area contributed by atoms with Gasteiger partial charge in [0.1, 0.15) is 12.4 Å². The van der Waals surface area contributed by atoms with Gasteiger partial charge in [-0.05, 0) is 42.6 Å². The summed E-state index contributed by atoms with van der Waals surface area (Å²) in [5, 5.41) is 4.24. The number of aromatic nitrogens is 1. The van der Waals surface area contributed by atoms with E-state index in [0.29, 0.717) is 23.5 Å². The Kier molecular flexibility index (Phi) is 6.60. The number of amides is 1. The molecule has 2 heterocycles. The van der Waals surface area contributed by atoms with E-state index in [2.05, 4.69) is 10.3 Å². The molecule has 1 unspecified atom stereocenters. The van der Waals surface area contributed by atoms with E-state index in [1.165, 1.54) is 11.0 Å². The van der Waals surface area contributed by atoms with Crippen molar-refractivity contribution in [3.8, 4) is 0 Å². The highest BCUT2D eigenvalue weighted by molar-refractivity contribution is 6.20. The first-order chi connectivity index (χ1) is 17.5. The fourth-order valence-corrected chi connectivity index (χ4v) is 4.36. The summed E-state index contributed by atoms with van der Waals surface area (Å²) in [6, 6.07) is 23.2. The second-order valence-electron chi connectivity index (χ2n) is 8.37. The second-order valence-corrected chi connectivity index (χ2v) is 8.37. The highest BCUT2D eigenvalue weighted by Gasteiger charge is 2.33. The predicted octanol–water partition coefficient (Wildman–Crippen LogP) is 4.17. The lowest BCUT2D eigenvalue weighted by Gasteiger charge is -2.24. The number of fused-ring (bicyclic) bond motifs is 2. The Morgan fingerprint density at radius 1 is 1.06 bits per heavy atom. The molecule has 0 radical (unpaired) electrons. The third-order valence-corrected chi connectivity index (χ3v) is 6.00. The number of benzene rings is 3. The number of esters is 1. The van der Waals surface area contributed by atoms with E-state index in [4.69, 9.17) is 9.73 Å². The van der Waals surface area contributed by atoms with Crippen LogP contribution in [0.25, 0.3) is 10.9 Å². The van der Waals surface area contributed by atoms with E-state index in [-0.39, 0.29) is 18.7 Å². The zero-order valence-corrected chi connectivity index (χ0v) is 19.7. The predicted molar refractivity (Wildman–Crippen MR) is 136 cm³/mol. The molecule has 1 aliphatic heterocycles. The SMILES string of the molecule is CCOC(=O)CN1C(=O)C(NCc2cc3ccccc3[nH]2)N=C(c2ccccc2F)c2ccccc21. The van der Waals surface area contributed by atoms with Gasteiger partial charge in [-0.3, -0.25) is 24.8 Å². The molecular formula is C28H25FN4O3. The van der Waals surface area contributed by atoms with Crippen molar-refractivity contribution in [3.63, 3.8) is 0 Å². The first kappa shape index (κ1) is 23.4. The van der Waals surface area contributed by atoms with Gasteiger partial charge in [0.25, 0.3) is 5.91 Å². The van der Waals surface area contributed by atoms with E-state index in [0.717, 1.165) is 16.6 Å². The summed E-state index contributed by atoms with van der Waals surface area (Å²) in [5.41, 5.74) is 3.46. The molecule has 7 nitrogen and oxygen atoms in total. The van der Waals surface area contributed by atoms with Crippen LogP contribution in [0.2, 0.25) is 0 Å². The van der Waals surface area contributed by atoms with E-state index < -0.39 is 23.9 Å². The van der Waals surface area contributed by atoms with Gasteiger partial charge in [0.05, 0.1) is 18.0 Å². The molecule has 0 aliphatic carbocycles. The van der Waals surface area contributed by atoms with Gasteiger partial charge in [-0.25, -0.2) is 4.39 Å². The first-order valence-corrected chi connectivity index (χ1v) is 11.7. The Hall–Kier alpha value is -4.30. The summed E-state index contributed by atoms with van der Waals surface area (Å²) >= 11 is 0. The number of aliphatic imine (C=N–C) groups is 1. The highest BCUT2D eigenvalue weighted by Crippen LogP contribution is 2.29. The fourth-order valence-electron chi connectivity index (χ4n) is 4.36. The van der Waals surface area contributed by atoms with E-state index in [9.17, 15) is 14.0 Å². The van der Waals surface area contributed by atoms with Crippen LogP contribution in [0.1, 0.15) is 23.7 Å². The number of carbonyl (C=O) groups excluding carboxylic acids is 2. The number of ether oxygens (including phenoxy) is 1. The van der Waals surface area contributed by atoms with Crippen LogP contribution in [-0.4, -0.2) is 41.9 Å². The number of nitrogens with zero attached hydrogens (tertiary/aromatic N) is 2. The lowest BCUT2D eigenvalue weighted by molar-refractivity contribution is -0.142. The van der Waals surface area contributed by atoms with Crippen LogP contribution < -0.4 is 10.2 Å². The van der Waals surface area contributed by atoms with Crippen LogP contribution in [-0.2, 0) is 20.9 Å². The third-order valence-electron chi connectivity index (χ3n) is 6.00. The average Bonchev–Trinajstić information content (AvgIpc) is 3.27. The minimum Gasteiger partial charge on any atom is -0.465 e. The zero-order chi connectivity index (χ0) is 25.1. The molecule has 182 valence electrons. The van der Waals surface area contributed by atoms with Crippen LogP contribution in [0.4, 0.5) is 10.1 Å². The molecule has 4 aromatic rings. The van der Waals surface area contributed by atoms with Crippen molar-refractivity contribution in [1.82, 2.24) is 10.3 Å². The Labute approximate surface area is 207 Å². The molecule has 8 heteroatoms. The summed E-state index contributed by atoms with van der Waals surface area (Å²) < 4.78 is 20.0. The number of aromatic amines is 1. The summed E-state index contributed by atoms with van der Waals surface area (Å²) in [6.45, 7) is 1.93. The van der Waals surface area contributed by atoms with Crippen LogP contribution in [0.3, 0.4) is 0 Å². The summed E-state index contributed by atoms with van der Waals surface area (Å²) in [5.74, 6) is -1.42.